The number of H-pyrrole nitrogens is 1. The predicted octanol–water partition coefficient (Wildman–Crippen LogP) is 0.410. The second-order valence-electron chi connectivity index (χ2n) is 3.72. The number of nitrogens with one attached hydrogen (secondary N) is 1. The van der Waals surface area contributed by atoms with E-state index in [1.54, 1.807) is 0 Å². The molecule has 0 saturated carbocycles. The van der Waals surface area contributed by atoms with Gasteiger partial charge in [0, 0.05) is 12.1 Å². The second-order valence-corrected chi connectivity index (χ2v) is 3.72. The van der Waals surface area contributed by atoms with E-state index in [9.17, 15) is 34.9 Å². The lowest BCUT2D eigenvalue weighted by Crippen LogP contribution is -2.04. The van der Waals surface area contributed by atoms with E-state index in [1.165, 1.54) is 0 Å². The number of aromatic hydroxyl groups is 1. The first kappa shape index (κ1) is 13.1. The zero-order valence-electron chi connectivity index (χ0n) is 9.52. The fraction of sp³-hybridized carbons (Fsp3) is 0. The van der Waals surface area contributed by atoms with E-state index < -0.39 is 43.3 Å². The van der Waals surface area contributed by atoms with E-state index in [2.05, 4.69) is 4.98 Å². The number of hydrogen-bond donors (Lipinski definition) is 2. The summed E-state index contributed by atoms with van der Waals surface area (Å²) >= 11 is 0. The molecular weight excluding hydrogens is 274 g/mol. The lowest BCUT2D eigenvalue weighted by molar-refractivity contribution is -0.421. The fourth-order valence-electron chi connectivity index (χ4n) is 1.71. The molecule has 1 aromatic carbocycles. The van der Waals surface area contributed by atoms with Crippen LogP contribution in [0.3, 0.4) is 0 Å². The Morgan fingerprint density at radius 3 is 2.30 bits per heavy atom. The summed E-state index contributed by atoms with van der Waals surface area (Å²) < 4.78 is 0. The molecule has 0 atom stereocenters. The normalized spacial score (nSPS) is 10.4. The molecular formula is C10H5N3O7. The molecule has 10 nitrogen and oxygen atoms in total. The first-order chi connectivity index (χ1) is 9.32. The highest BCUT2D eigenvalue weighted by molar-refractivity contribution is 5.92. The largest absolute Gasteiger partial charge is 0.503 e. The van der Waals surface area contributed by atoms with Gasteiger partial charge in [-0.1, -0.05) is 0 Å². The standard InChI is InChI=1S/C10H5N3O7/c14-6-3-7(15)10(16)11-4-1-2-5(12(17)18)9(8(4)6)13(19)20/h1-3,15H,(H,11,16). The second kappa shape index (κ2) is 4.42. The number of fused-ring (bicyclic) bond motifs is 1. The van der Waals surface area contributed by atoms with Crippen LogP contribution < -0.4 is 11.0 Å². The van der Waals surface area contributed by atoms with Gasteiger partial charge in [-0.2, -0.15) is 0 Å². The van der Waals surface area contributed by atoms with Crippen molar-refractivity contribution in [2.45, 2.75) is 0 Å². The van der Waals surface area contributed by atoms with Crippen LogP contribution in [0.2, 0.25) is 0 Å². The van der Waals surface area contributed by atoms with E-state index in [4.69, 9.17) is 0 Å². The van der Waals surface area contributed by atoms with Gasteiger partial charge in [0.25, 0.3) is 5.56 Å². The molecule has 0 spiro atoms. The van der Waals surface area contributed by atoms with Crippen LogP contribution in [0.1, 0.15) is 0 Å². The van der Waals surface area contributed by atoms with Crippen molar-refractivity contribution >= 4 is 22.3 Å². The Hall–Kier alpha value is -3.30. The molecule has 10 heteroatoms. The quantitative estimate of drug-likeness (QED) is 0.595. The molecule has 2 rings (SSSR count). The van der Waals surface area contributed by atoms with E-state index >= 15 is 0 Å². The van der Waals surface area contributed by atoms with Gasteiger partial charge in [-0.3, -0.25) is 29.8 Å². The van der Waals surface area contributed by atoms with Gasteiger partial charge in [0.05, 0.1) is 15.4 Å². The van der Waals surface area contributed by atoms with Gasteiger partial charge < -0.3 is 10.1 Å². The van der Waals surface area contributed by atoms with Gasteiger partial charge in [-0.15, -0.1) is 0 Å². The van der Waals surface area contributed by atoms with Crippen LogP contribution in [0.15, 0.2) is 27.8 Å². The van der Waals surface area contributed by atoms with Crippen molar-refractivity contribution in [3.8, 4) is 5.75 Å². The predicted molar refractivity (Wildman–Crippen MR) is 65.8 cm³/mol. The smallest absolute Gasteiger partial charge is 0.359 e. The first-order valence-corrected chi connectivity index (χ1v) is 5.05. The molecule has 0 amide bonds. The number of nitro groups is 2. The molecule has 1 aromatic heterocycles. The Morgan fingerprint density at radius 1 is 1.10 bits per heavy atom. The van der Waals surface area contributed by atoms with Crippen molar-refractivity contribution in [3.05, 3.63) is 59.0 Å². The molecule has 0 bridgehead atoms. The number of rotatable bonds is 2. The molecule has 0 aliphatic rings. The van der Waals surface area contributed by atoms with Crippen molar-refractivity contribution in [3.63, 3.8) is 0 Å². The zero-order valence-corrected chi connectivity index (χ0v) is 9.52. The van der Waals surface area contributed by atoms with E-state index in [0.29, 0.717) is 6.07 Å². The summed E-state index contributed by atoms with van der Waals surface area (Å²) in [6.45, 7) is 0. The summed E-state index contributed by atoms with van der Waals surface area (Å²) in [5.41, 5.74) is -4.32. The molecule has 20 heavy (non-hydrogen) atoms. The third-order valence-corrected chi connectivity index (χ3v) is 2.53. The van der Waals surface area contributed by atoms with Gasteiger partial charge in [0.1, 0.15) is 5.39 Å². The maximum atomic E-state index is 11.8. The van der Waals surface area contributed by atoms with Gasteiger partial charge in [0.15, 0.2) is 11.2 Å². The lowest BCUT2D eigenvalue weighted by atomic mass is 10.1. The molecule has 1 heterocycles. The van der Waals surface area contributed by atoms with E-state index in [0.717, 1.165) is 12.1 Å². The van der Waals surface area contributed by atoms with Crippen molar-refractivity contribution in [1.29, 1.82) is 0 Å². The highest BCUT2D eigenvalue weighted by Gasteiger charge is 2.29. The number of nitrogens with zero attached hydrogens (tertiary/aromatic N) is 2. The fourth-order valence-corrected chi connectivity index (χ4v) is 1.71. The maximum absolute atomic E-state index is 11.8. The van der Waals surface area contributed by atoms with E-state index in [1.807, 2.05) is 0 Å². The highest BCUT2D eigenvalue weighted by Crippen LogP contribution is 2.31. The Morgan fingerprint density at radius 2 is 1.75 bits per heavy atom. The number of benzene rings is 1. The molecule has 0 aliphatic heterocycles. The maximum Gasteiger partial charge on any atom is 0.359 e. The highest BCUT2D eigenvalue weighted by atomic mass is 16.6. The average molecular weight is 279 g/mol. The minimum absolute atomic E-state index is 0.280. The van der Waals surface area contributed by atoms with Crippen LogP contribution in [0.4, 0.5) is 11.4 Å². The van der Waals surface area contributed by atoms with Crippen molar-refractivity contribution in [1.82, 2.24) is 4.98 Å². The Kier molecular flexibility index (Phi) is 2.90. The Bertz CT molecular complexity index is 871. The van der Waals surface area contributed by atoms with E-state index in [-0.39, 0.29) is 5.52 Å². The SMILES string of the molecule is O=c1[nH]c2ccc([N+](=O)[O-])c([N+](=O)[O-])c2c(=O)cc1O. The summed E-state index contributed by atoms with van der Waals surface area (Å²) in [5, 5.41) is 30.3. The van der Waals surface area contributed by atoms with Crippen LogP contribution in [-0.2, 0) is 0 Å². The monoisotopic (exact) mass is 279 g/mol. The summed E-state index contributed by atoms with van der Waals surface area (Å²) in [5.74, 6) is -0.942. The molecule has 0 radical (unpaired) electrons. The molecule has 0 aliphatic carbocycles. The lowest BCUT2D eigenvalue weighted by Gasteiger charge is -1.97. The summed E-state index contributed by atoms with van der Waals surface area (Å²) in [6, 6.07) is 2.26. The van der Waals surface area contributed by atoms with Crippen molar-refractivity contribution in [2.75, 3.05) is 0 Å². The zero-order chi connectivity index (χ0) is 15.0. The van der Waals surface area contributed by atoms with Crippen molar-refractivity contribution in [2.24, 2.45) is 0 Å². The molecule has 0 unspecified atom stereocenters. The Labute approximate surface area is 108 Å². The van der Waals surface area contributed by atoms with Crippen molar-refractivity contribution < 1.29 is 15.0 Å². The number of hydrogen-bond acceptors (Lipinski definition) is 7. The summed E-state index contributed by atoms with van der Waals surface area (Å²) in [7, 11) is 0. The van der Waals surface area contributed by atoms with Gasteiger partial charge >= 0.3 is 11.4 Å². The number of aromatic nitrogens is 1. The van der Waals surface area contributed by atoms with Gasteiger partial charge in [0.2, 0.25) is 0 Å². The molecule has 0 fully saturated rings. The third kappa shape index (κ3) is 1.94. The van der Waals surface area contributed by atoms with Crippen LogP contribution in [0.5, 0.6) is 5.75 Å². The number of aromatic amines is 1. The summed E-state index contributed by atoms with van der Waals surface area (Å²) in [6.07, 6.45) is 0. The molecule has 2 aromatic rings. The van der Waals surface area contributed by atoms with Crippen LogP contribution in [0, 0.1) is 20.2 Å². The number of nitro benzene ring substituents is 2. The Balaban J connectivity index is 3.18. The average Bonchev–Trinajstić information content (AvgIpc) is 2.46. The van der Waals surface area contributed by atoms with Crippen LogP contribution >= 0.6 is 0 Å². The minimum atomic E-state index is -1.09. The van der Waals surface area contributed by atoms with Gasteiger partial charge in [-0.05, 0) is 6.07 Å². The van der Waals surface area contributed by atoms with Crippen LogP contribution in [0.25, 0.3) is 10.9 Å². The van der Waals surface area contributed by atoms with Gasteiger partial charge in [-0.25, -0.2) is 0 Å². The van der Waals surface area contributed by atoms with Crippen LogP contribution in [-0.4, -0.2) is 19.9 Å². The third-order valence-electron chi connectivity index (χ3n) is 2.53. The topological polar surface area (TPSA) is 156 Å². The molecule has 0 saturated heterocycles. The molecule has 2 N–H and O–H groups in total. The molecule has 102 valence electrons. The summed E-state index contributed by atoms with van der Waals surface area (Å²) in [4.78, 5) is 44.8. The minimum Gasteiger partial charge on any atom is -0.503 e. The first-order valence-electron chi connectivity index (χ1n) is 5.05.